The molecule has 0 aliphatic carbocycles. The average molecular weight is 262 g/mol. The average Bonchev–Trinajstić information content (AvgIpc) is 2.70. The molecular formula is C13H14N2O4. The number of aliphatic carboxylic acids is 1. The van der Waals surface area contributed by atoms with Crippen molar-refractivity contribution < 1.29 is 19.8 Å². The lowest BCUT2D eigenvalue weighted by atomic mass is 10.0. The Hall–Kier alpha value is -2.50. The second-order valence-electron chi connectivity index (χ2n) is 4.34. The minimum Gasteiger partial charge on any atom is -0.508 e. The standard InChI is InChI=1S/C13H14N2O4/c1-7(16)15-12(13(18)19)4-8-6-14-11-5-9(17)2-3-10(8)11/h2-3,5-6,12,14,17H,4H2,1H3,(H,15,16)(H,18,19)/t12-/m0/s1. The Morgan fingerprint density at radius 3 is 2.79 bits per heavy atom. The van der Waals surface area contributed by atoms with Crippen LogP contribution in [-0.2, 0) is 16.0 Å². The van der Waals surface area contributed by atoms with Gasteiger partial charge in [0.1, 0.15) is 11.8 Å². The van der Waals surface area contributed by atoms with Gasteiger partial charge in [-0.25, -0.2) is 4.79 Å². The Morgan fingerprint density at radius 2 is 2.16 bits per heavy atom. The quantitative estimate of drug-likeness (QED) is 0.660. The number of carboxylic acid groups (broad SMARTS) is 1. The van der Waals surface area contributed by atoms with Crippen molar-refractivity contribution in [3.8, 4) is 5.75 Å². The van der Waals surface area contributed by atoms with Crippen LogP contribution in [0.25, 0.3) is 10.9 Å². The third kappa shape index (κ3) is 2.85. The fourth-order valence-corrected chi connectivity index (χ4v) is 2.01. The Balaban J connectivity index is 2.28. The molecule has 19 heavy (non-hydrogen) atoms. The van der Waals surface area contributed by atoms with Crippen molar-refractivity contribution >= 4 is 22.8 Å². The van der Waals surface area contributed by atoms with Gasteiger partial charge in [-0.2, -0.15) is 0 Å². The molecule has 100 valence electrons. The first-order chi connectivity index (χ1) is 8.97. The number of phenolic OH excluding ortho intramolecular Hbond substituents is 1. The number of benzene rings is 1. The summed E-state index contributed by atoms with van der Waals surface area (Å²) in [6, 6.07) is 3.84. The molecule has 6 heteroatoms. The van der Waals surface area contributed by atoms with Crippen molar-refractivity contribution in [3.05, 3.63) is 30.0 Å². The number of carboxylic acids is 1. The SMILES string of the molecule is CC(=O)N[C@@H](Cc1c[nH]c2cc(O)ccc12)C(=O)O. The number of rotatable bonds is 4. The highest BCUT2D eigenvalue weighted by molar-refractivity contribution is 5.86. The predicted molar refractivity (Wildman–Crippen MR) is 68.9 cm³/mol. The summed E-state index contributed by atoms with van der Waals surface area (Å²) in [4.78, 5) is 25.0. The Labute approximate surface area is 109 Å². The molecule has 0 unspecified atom stereocenters. The molecule has 0 fully saturated rings. The van der Waals surface area contributed by atoms with Crippen LogP contribution in [0.1, 0.15) is 12.5 Å². The zero-order valence-corrected chi connectivity index (χ0v) is 10.3. The van der Waals surface area contributed by atoms with Gasteiger partial charge in [-0.3, -0.25) is 4.79 Å². The zero-order valence-electron chi connectivity index (χ0n) is 10.3. The van der Waals surface area contributed by atoms with E-state index in [-0.39, 0.29) is 18.1 Å². The van der Waals surface area contributed by atoms with Gasteiger partial charge in [0.2, 0.25) is 5.91 Å². The third-order valence-electron chi connectivity index (χ3n) is 2.85. The van der Waals surface area contributed by atoms with E-state index < -0.39 is 12.0 Å². The monoisotopic (exact) mass is 262 g/mol. The number of carbonyl (C=O) groups excluding carboxylic acids is 1. The number of aromatic amines is 1. The van der Waals surface area contributed by atoms with Crippen LogP contribution in [0.15, 0.2) is 24.4 Å². The van der Waals surface area contributed by atoms with Crippen molar-refractivity contribution in [1.29, 1.82) is 0 Å². The number of fused-ring (bicyclic) bond motifs is 1. The number of aromatic hydroxyl groups is 1. The number of hydrogen-bond acceptors (Lipinski definition) is 3. The normalized spacial score (nSPS) is 12.3. The molecule has 1 amide bonds. The van der Waals surface area contributed by atoms with E-state index in [9.17, 15) is 14.7 Å². The molecule has 4 N–H and O–H groups in total. The molecule has 0 saturated carbocycles. The lowest BCUT2D eigenvalue weighted by Gasteiger charge is -2.12. The minimum atomic E-state index is -1.08. The van der Waals surface area contributed by atoms with Crippen molar-refractivity contribution in [2.75, 3.05) is 0 Å². The van der Waals surface area contributed by atoms with Crippen LogP contribution >= 0.6 is 0 Å². The first kappa shape index (κ1) is 12.9. The fourth-order valence-electron chi connectivity index (χ4n) is 2.01. The Bertz CT molecular complexity index is 633. The number of aromatic nitrogens is 1. The molecule has 0 saturated heterocycles. The van der Waals surface area contributed by atoms with E-state index in [1.54, 1.807) is 18.3 Å². The largest absolute Gasteiger partial charge is 0.508 e. The van der Waals surface area contributed by atoms with Gasteiger partial charge in [-0.15, -0.1) is 0 Å². The molecular weight excluding hydrogens is 248 g/mol. The van der Waals surface area contributed by atoms with Crippen molar-refractivity contribution in [2.45, 2.75) is 19.4 Å². The van der Waals surface area contributed by atoms with Gasteiger partial charge in [0.25, 0.3) is 0 Å². The first-order valence-electron chi connectivity index (χ1n) is 5.76. The number of H-pyrrole nitrogens is 1. The summed E-state index contributed by atoms with van der Waals surface area (Å²) >= 11 is 0. The molecule has 2 aromatic rings. The van der Waals surface area contributed by atoms with Crippen molar-refractivity contribution in [2.24, 2.45) is 0 Å². The van der Waals surface area contributed by atoms with Gasteiger partial charge in [0.15, 0.2) is 0 Å². The van der Waals surface area contributed by atoms with E-state index in [1.165, 1.54) is 13.0 Å². The molecule has 0 spiro atoms. The summed E-state index contributed by atoms with van der Waals surface area (Å²) in [6.45, 7) is 1.28. The Morgan fingerprint density at radius 1 is 1.42 bits per heavy atom. The van der Waals surface area contributed by atoms with E-state index in [0.29, 0.717) is 0 Å². The van der Waals surface area contributed by atoms with Gasteiger partial charge >= 0.3 is 5.97 Å². The molecule has 0 aliphatic rings. The van der Waals surface area contributed by atoms with E-state index in [4.69, 9.17) is 5.11 Å². The van der Waals surface area contributed by atoms with Crippen LogP contribution < -0.4 is 5.32 Å². The second kappa shape index (κ2) is 5.01. The first-order valence-corrected chi connectivity index (χ1v) is 5.76. The maximum absolute atomic E-state index is 11.1. The number of amides is 1. The van der Waals surface area contributed by atoms with Crippen molar-refractivity contribution in [1.82, 2.24) is 10.3 Å². The van der Waals surface area contributed by atoms with E-state index in [0.717, 1.165) is 16.5 Å². The lowest BCUT2D eigenvalue weighted by molar-refractivity contribution is -0.141. The van der Waals surface area contributed by atoms with Crippen LogP contribution in [0, 0.1) is 0 Å². The summed E-state index contributed by atoms with van der Waals surface area (Å²) in [5, 5.41) is 21.6. The van der Waals surface area contributed by atoms with Gasteiger partial charge in [0, 0.05) is 36.5 Å². The molecule has 1 aromatic carbocycles. The van der Waals surface area contributed by atoms with Gasteiger partial charge < -0.3 is 20.5 Å². The molecule has 6 nitrogen and oxygen atoms in total. The predicted octanol–water partition coefficient (Wildman–Crippen LogP) is 1.01. The minimum absolute atomic E-state index is 0.137. The highest BCUT2D eigenvalue weighted by Gasteiger charge is 2.20. The zero-order chi connectivity index (χ0) is 14.0. The van der Waals surface area contributed by atoms with E-state index in [2.05, 4.69) is 10.3 Å². The number of nitrogens with one attached hydrogen (secondary N) is 2. The lowest BCUT2D eigenvalue weighted by Crippen LogP contribution is -2.41. The molecule has 0 radical (unpaired) electrons. The highest BCUT2D eigenvalue weighted by atomic mass is 16.4. The summed E-state index contributed by atoms with van der Waals surface area (Å²) in [7, 11) is 0. The maximum Gasteiger partial charge on any atom is 0.326 e. The van der Waals surface area contributed by atoms with Crippen LogP contribution in [0.3, 0.4) is 0 Å². The summed E-state index contributed by atoms with van der Waals surface area (Å²) < 4.78 is 0. The molecule has 0 bridgehead atoms. The van der Waals surface area contributed by atoms with E-state index >= 15 is 0 Å². The number of phenols is 1. The van der Waals surface area contributed by atoms with Crippen LogP contribution in [-0.4, -0.2) is 33.1 Å². The fraction of sp³-hybridized carbons (Fsp3) is 0.231. The van der Waals surface area contributed by atoms with Gasteiger partial charge in [0.05, 0.1) is 0 Å². The van der Waals surface area contributed by atoms with Gasteiger partial charge in [-0.1, -0.05) is 0 Å². The third-order valence-corrected chi connectivity index (χ3v) is 2.85. The van der Waals surface area contributed by atoms with Crippen molar-refractivity contribution in [3.63, 3.8) is 0 Å². The Kier molecular flexibility index (Phi) is 3.41. The summed E-state index contributed by atoms with van der Waals surface area (Å²) in [6.07, 6.45) is 1.86. The maximum atomic E-state index is 11.1. The molecule has 1 heterocycles. The smallest absolute Gasteiger partial charge is 0.326 e. The highest BCUT2D eigenvalue weighted by Crippen LogP contribution is 2.23. The van der Waals surface area contributed by atoms with Crippen LogP contribution in [0.4, 0.5) is 0 Å². The summed E-state index contributed by atoms with van der Waals surface area (Å²) in [5.74, 6) is -1.33. The molecule has 1 aromatic heterocycles. The number of carbonyl (C=O) groups is 2. The molecule has 1 atom stereocenters. The summed E-state index contributed by atoms with van der Waals surface area (Å²) in [5.41, 5.74) is 1.50. The van der Waals surface area contributed by atoms with Crippen LogP contribution in [0.5, 0.6) is 5.75 Å². The van der Waals surface area contributed by atoms with E-state index in [1.807, 2.05) is 0 Å². The molecule has 0 aliphatic heterocycles. The topological polar surface area (TPSA) is 102 Å². The number of hydrogen-bond donors (Lipinski definition) is 4. The molecule has 2 rings (SSSR count). The van der Waals surface area contributed by atoms with Gasteiger partial charge in [-0.05, 0) is 17.7 Å². The van der Waals surface area contributed by atoms with Crippen LogP contribution in [0.2, 0.25) is 0 Å². The second-order valence-corrected chi connectivity index (χ2v) is 4.34.